The van der Waals surface area contributed by atoms with Gasteiger partial charge in [-0.3, -0.25) is 0 Å². The highest BCUT2D eigenvalue weighted by molar-refractivity contribution is 5.32. The average molecular weight is 277 g/mol. The Labute approximate surface area is 122 Å². The highest BCUT2D eigenvalue weighted by Crippen LogP contribution is 2.40. The first-order chi connectivity index (χ1) is 9.75. The van der Waals surface area contributed by atoms with Gasteiger partial charge in [-0.15, -0.1) is 0 Å². The SMILES string of the molecule is CNC(c1cccc(OC)c1)C1(OC)CCCCCC1. The monoisotopic (exact) mass is 277 g/mol. The number of benzene rings is 1. The third-order valence-corrected chi connectivity index (χ3v) is 4.60. The van der Waals surface area contributed by atoms with Crippen LogP contribution in [0.15, 0.2) is 24.3 Å². The summed E-state index contributed by atoms with van der Waals surface area (Å²) in [7, 11) is 5.59. The second kappa shape index (κ2) is 7.09. The Morgan fingerprint density at radius 1 is 1.10 bits per heavy atom. The maximum atomic E-state index is 6.04. The van der Waals surface area contributed by atoms with E-state index in [0.717, 1.165) is 18.6 Å². The Hall–Kier alpha value is -1.06. The number of ether oxygens (including phenoxy) is 2. The fourth-order valence-electron chi connectivity index (χ4n) is 3.49. The summed E-state index contributed by atoms with van der Waals surface area (Å²) in [5, 5.41) is 3.48. The second-order valence-electron chi connectivity index (χ2n) is 5.68. The van der Waals surface area contributed by atoms with E-state index >= 15 is 0 Å². The van der Waals surface area contributed by atoms with Gasteiger partial charge in [-0.1, -0.05) is 37.8 Å². The molecule has 0 bridgehead atoms. The molecule has 0 saturated heterocycles. The summed E-state index contributed by atoms with van der Waals surface area (Å²) in [5.74, 6) is 0.905. The molecule has 1 aliphatic carbocycles. The van der Waals surface area contributed by atoms with E-state index in [0.29, 0.717) is 0 Å². The number of nitrogens with one attached hydrogen (secondary N) is 1. The van der Waals surface area contributed by atoms with Crippen LogP contribution in [0.4, 0.5) is 0 Å². The Bertz CT molecular complexity index is 411. The molecule has 0 radical (unpaired) electrons. The van der Waals surface area contributed by atoms with E-state index in [4.69, 9.17) is 9.47 Å². The molecule has 1 aromatic carbocycles. The molecule has 20 heavy (non-hydrogen) atoms. The molecule has 1 aromatic rings. The van der Waals surface area contributed by atoms with Crippen LogP contribution in [0.3, 0.4) is 0 Å². The molecule has 112 valence electrons. The fraction of sp³-hybridized carbons (Fsp3) is 0.647. The van der Waals surface area contributed by atoms with E-state index in [-0.39, 0.29) is 11.6 Å². The lowest BCUT2D eigenvalue weighted by molar-refractivity contribution is -0.0523. The smallest absolute Gasteiger partial charge is 0.119 e. The molecule has 0 heterocycles. The summed E-state index contributed by atoms with van der Waals surface area (Å²) >= 11 is 0. The molecule has 2 rings (SSSR count). The van der Waals surface area contributed by atoms with Gasteiger partial charge in [0.15, 0.2) is 0 Å². The van der Waals surface area contributed by atoms with Crippen molar-refractivity contribution in [1.82, 2.24) is 5.32 Å². The van der Waals surface area contributed by atoms with Crippen LogP contribution in [0.5, 0.6) is 5.75 Å². The summed E-state index contributed by atoms with van der Waals surface area (Å²) in [4.78, 5) is 0. The summed E-state index contributed by atoms with van der Waals surface area (Å²) in [5.41, 5.74) is 1.15. The second-order valence-corrected chi connectivity index (χ2v) is 5.68. The van der Waals surface area contributed by atoms with Gasteiger partial charge in [0.1, 0.15) is 5.75 Å². The molecule has 1 unspecified atom stereocenters. The standard InChI is InChI=1S/C17H27NO2/c1-18-16(14-9-8-10-15(13-14)19-2)17(20-3)11-6-4-5-7-12-17/h8-10,13,16,18H,4-7,11-12H2,1-3H3. The third-order valence-electron chi connectivity index (χ3n) is 4.60. The first kappa shape index (κ1) is 15.3. The zero-order valence-electron chi connectivity index (χ0n) is 12.9. The molecule has 1 atom stereocenters. The molecule has 3 nitrogen and oxygen atoms in total. The lowest BCUT2D eigenvalue weighted by Gasteiger charge is -2.39. The van der Waals surface area contributed by atoms with Crippen molar-refractivity contribution in [2.24, 2.45) is 0 Å². The summed E-state index contributed by atoms with van der Waals surface area (Å²) in [6, 6.07) is 8.53. The Morgan fingerprint density at radius 2 is 1.80 bits per heavy atom. The van der Waals surface area contributed by atoms with Gasteiger partial charge in [0.05, 0.1) is 18.8 Å². The highest BCUT2D eigenvalue weighted by Gasteiger charge is 2.39. The number of hydrogen-bond donors (Lipinski definition) is 1. The van der Waals surface area contributed by atoms with Crippen molar-refractivity contribution in [2.45, 2.75) is 50.2 Å². The lowest BCUT2D eigenvalue weighted by atomic mass is 9.82. The number of rotatable bonds is 5. The van der Waals surface area contributed by atoms with Crippen LogP contribution in [0.25, 0.3) is 0 Å². The minimum Gasteiger partial charge on any atom is -0.497 e. The number of likely N-dealkylation sites (N-methyl/N-ethyl adjacent to an activating group) is 1. The largest absolute Gasteiger partial charge is 0.497 e. The van der Waals surface area contributed by atoms with Crippen molar-refractivity contribution in [3.63, 3.8) is 0 Å². The maximum Gasteiger partial charge on any atom is 0.119 e. The number of methoxy groups -OCH3 is 2. The molecule has 0 spiro atoms. The van der Waals surface area contributed by atoms with Gasteiger partial charge in [0, 0.05) is 7.11 Å². The van der Waals surface area contributed by atoms with E-state index in [1.165, 1.54) is 31.2 Å². The summed E-state index contributed by atoms with van der Waals surface area (Å²) in [6.45, 7) is 0. The van der Waals surface area contributed by atoms with Crippen LogP contribution in [-0.4, -0.2) is 26.9 Å². The number of hydrogen-bond acceptors (Lipinski definition) is 3. The van der Waals surface area contributed by atoms with Crippen LogP contribution in [0, 0.1) is 0 Å². The van der Waals surface area contributed by atoms with E-state index in [2.05, 4.69) is 23.5 Å². The van der Waals surface area contributed by atoms with Crippen molar-refractivity contribution >= 4 is 0 Å². The van der Waals surface area contributed by atoms with Gasteiger partial charge in [0.2, 0.25) is 0 Å². The first-order valence-electron chi connectivity index (χ1n) is 7.62. The summed E-state index contributed by atoms with van der Waals surface area (Å²) in [6.07, 6.45) is 7.36. The molecule has 1 saturated carbocycles. The predicted molar refractivity (Wildman–Crippen MR) is 82.2 cm³/mol. The lowest BCUT2D eigenvalue weighted by Crippen LogP contribution is -2.44. The van der Waals surface area contributed by atoms with Gasteiger partial charge >= 0.3 is 0 Å². The van der Waals surface area contributed by atoms with Crippen LogP contribution in [0.2, 0.25) is 0 Å². The molecule has 0 amide bonds. The Kier molecular flexibility index (Phi) is 5.44. The molecular formula is C17H27NO2. The molecule has 1 aliphatic rings. The van der Waals surface area contributed by atoms with Crippen molar-refractivity contribution in [3.8, 4) is 5.75 Å². The topological polar surface area (TPSA) is 30.5 Å². The summed E-state index contributed by atoms with van der Waals surface area (Å²) < 4.78 is 11.4. The normalized spacial score (nSPS) is 20.1. The van der Waals surface area contributed by atoms with Crippen LogP contribution in [-0.2, 0) is 4.74 Å². The van der Waals surface area contributed by atoms with E-state index in [1.807, 2.05) is 20.2 Å². The Balaban J connectivity index is 2.32. The van der Waals surface area contributed by atoms with Crippen LogP contribution in [0.1, 0.15) is 50.1 Å². The molecule has 3 heteroatoms. The van der Waals surface area contributed by atoms with E-state index in [9.17, 15) is 0 Å². The fourth-order valence-corrected chi connectivity index (χ4v) is 3.49. The van der Waals surface area contributed by atoms with Crippen molar-refractivity contribution in [2.75, 3.05) is 21.3 Å². The van der Waals surface area contributed by atoms with Gasteiger partial charge in [0.25, 0.3) is 0 Å². The minimum atomic E-state index is -0.0996. The highest BCUT2D eigenvalue weighted by atomic mass is 16.5. The third kappa shape index (κ3) is 3.15. The molecule has 0 aromatic heterocycles. The van der Waals surface area contributed by atoms with E-state index in [1.54, 1.807) is 7.11 Å². The van der Waals surface area contributed by atoms with Gasteiger partial charge in [-0.2, -0.15) is 0 Å². The molecule has 1 fully saturated rings. The van der Waals surface area contributed by atoms with Gasteiger partial charge in [-0.05, 0) is 37.6 Å². The quantitative estimate of drug-likeness (QED) is 0.833. The average Bonchev–Trinajstić information content (AvgIpc) is 2.75. The maximum absolute atomic E-state index is 6.04. The zero-order valence-corrected chi connectivity index (χ0v) is 12.9. The van der Waals surface area contributed by atoms with Crippen molar-refractivity contribution < 1.29 is 9.47 Å². The molecular weight excluding hydrogens is 250 g/mol. The predicted octanol–water partition coefficient (Wildman–Crippen LogP) is 3.70. The molecule has 1 N–H and O–H groups in total. The minimum absolute atomic E-state index is 0.0996. The van der Waals surface area contributed by atoms with Gasteiger partial charge < -0.3 is 14.8 Å². The van der Waals surface area contributed by atoms with Crippen molar-refractivity contribution in [1.29, 1.82) is 0 Å². The van der Waals surface area contributed by atoms with E-state index < -0.39 is 0 Å². The van der Waals surface area contributed by atoms with Crippen molar-refractivity contribution in [3.05, 3.63) is 29.8 Å². The van der Waals surface area contributed by atoms with Crippen LogP contribution >= 0.6 is 0 Å². The first-order valence-corrected chi connectivity index (χ1v) is 7.62. The Morgan fingerprint density at radius 3 is 2.35 bits per heavy atom. The molecule has 0 aliphatic heterocycles. The van der Waals surface area contributed by atoms with Gasteiger partial charge in [-0.25, -0.2) is 0 Å². The zero-order chi connectivity index (χ0) is 14.4. The van der Waals surface area contributed by atoms with Crippen LogP contribution < -0.4 is 10.1 Å².